The Kier molecular flexibility index (Phi) is 4.53. The van der Waals surface area contributed by atoms with Crippen molar-refractivity contribution < 1.29 is 4.92 Å². The quantitative estimate of drug-likeness (QED) is 0.623. The first-order valence-corrected chi connectivity index (χ1v) is 6.58. The van der Waals surface area contributed by atoms with E-state index >= 15 is 0 Å². The molecule has 1 heterocycles. The number of pyridine rings is 1. The molecule has 6 heteroatoms. The highest BCUT2D eigenvalue weighted by Crippen LogP contribution is 2.35. The van der Waals surface area contributed by atoms with Crippen LogP contribution in [0.2, 0.25) is 5.02 Å². The number of anilines is 1. The van der Waals surface area contributed by atoms with Crippen LogP contribution in [0, 0.1) is 10.1 Å². The van der Waals surface area contributed by atoms with Gasteiger partial charge in [0.05, 0.1) is 4.92 Å². The summed E-state index contributed by atoms with van der Waals surface area (Å²) >= 11 is 5.95. The molecule has 0 saturated carbocycles. The molecule has 0 N–H and O–H groups in total. The highest BCUT2D eigenvalue weighted by Gasteiger charge is 2.22. The van der Waals surface area contributed by atoms with E-state index in [1.54, 1.807) is 24.5 Å². The third kappa shape index (κ3) is 3.05. The Hall–Kier alpha value is -2.14. The highest BCUT2D eigenvalue weighted by atomic mass is 35.5. The Bertz CT molecular complexity index is 605. The normalized spacial score (nSPS) is 10.3. The van der Waals surface area contributed by atoms with Gasteiger partial charge in [-0.2, -0.15) is 0 Å². The van der Waals surface area contributed by atoms with Gasteiger partial charge in [-0.1, -0.05) is 17.7 Å². The number of hydrogen-bond acceptors (Lipinski definition) is 4. The average Bonchev–Trinajstić information content (AvgIpc) is 2.45. The Morgan fingerprint density at radius 1 is 1.30 bits per heavy atom. The van der Waals surface area contributed by atoms with Gasteiger partial charge in [0, 0.05) is 25.5 Å². The predicted octanol–water partition coefficient (Wildman–Crippen LogP) is 3.67. The molecule has 0 atom stereocenters. The molecule has 0 unspecified atom stereocenters. The molecule has 2 rings (SSSR count). The minimum absolute atomic E-state index is 0.0509. The maximum Gasteiger partial charge on any atom is 0.310 e. The van der Waals surface area contributed by atoms with Crippen molar-refractivity contribution in [3.05, 3.63) is 63.4 Å². The number of para-hydroxylation sites is 1. The number of nitrogens with zero attached hydrogens (tertiary/aromatic N) is 3. The van der Waals surface area contributed by atoms with E-state index in [4.69, 9.17) is 11.6 Å². The van der Waals surface area contributed by atoms with Crippen molar-refractivity contribution in [3.63, 3.8) is 0 Å². The fourth-order valence-corrected chi connectivity index (χ4v) is 2.25. The van der Waals surface area contributed by atoms with Crippen molar-refractivity contribution in [2.24, 2.45) is 0 Å². The summed E-state index contributed by atoms with van der Waals surface area (Å²) in [5.74, 6) is 0. The van der Waals surface area contributed by atoms with Crippen LogP contribution in [-0.4, -0.2) is 16.5 Å². The van der Waals surface area contributed by atoms with E-state index in [1.165, 1.54) is 6.07 Å². The van der Waals surface area contributed by atoms with Gasteiger partial charge in [-0.05, 0) is 36.8 Å². The molecule has 1 aromatic heterocycles. The second-order valence-electron chi connectivity index (χ2n) is 4.23. The van der Waals surface area contributed by atoms with E-state index in [2.05, 4.69) is 4.98 Å². The Morgan fingerprint density at radius 2 is 2.00 bits per heavy atom. The van der Waals surface area contributed by atoms with Crippen molar-refractivity contribution in [1.82, 2.24) is 4.98 Å². The molecule has 0 aliphatic heterocycles. The van der Waals surface area contributed by atoms with Crippen molar-refractivity contribution in [1.29, 1.82) is 0 Å². The number of benzene rings is 1. The lowest BCUT2D eigenvalue weighted by molar-refractivity contribution is -0.384. The molecular formula is C14H14ClN3O2. The maximum absolute atomic E-state index is 11.2. The van der Waals surface area contributed by atoms with E-state index in [9.17, 15) is 10.1 Å². The zero-order chi connectivity index (χ0) is 14.5. The highest BCUT2D eigenvalue weighted by molar-refractivity contribution is 6.33. The molecule has 0 amide bonds. The monoisotopic (exact) mass is 291 g/mol. The largest absolute Gasteiger partial charge is 0.362 e. The molecule has 2 aromatic rings. The summed E-state index contributed by atoms with van der Waals surface area (Å²) in [5, 5.41) is 11.4. The predicted molar refractivity (Wildman–Crippen MR) is 79.1 cm³/mol. The summed E-state index contributed by atoms with van der Waals surface area (Å²) in [5.41, 5.74) is 1.52. The van der Waals surface area contributed by atoms with Crippen molar-refractivity contribution in [2.75, 3.05) is 11.4 Å². The topological polar surface area (TPSA) is 59.3 Å². The van der Waals surface area contributed by atoms with Crippen molar-refractivity contribution >= 4 is 23.0 Å². The van der Waals surface area contributed by atoms with Gasteiger partial charge in [-0.15, -0.1) is 0 Å². The third-order valence-corrected chi connectivity index (χ3v) is 3.30. The fraction of sp³-hybridized carbons (Fsp3) is 0.214. The lowest BCUT2D eigenvalue weighted by atomic mass is 10.2. The zero-order valence-corrected chi connectivity index (χ0v) is 11.7. The SMILES string of the molecule is CCN(Cc1ccncc1)c1cccc(Cl)c1[N+](=O)[O-]. The number of rotatable bonds is 5. The summed E-state index contributed by atoms with van der Waals surface area (Å²) in [4.78, 5) is 16.6. The van der Waals surface area contributed by atoms with Crippen molar-refractivity contribution in [2.45, 2.75) is 13.5 Å². The first-order valence-electron chi connectivity index (χ1n) is 6.20. The molecule has 1 aromatic carbocycles. The van der Waals surface area contributed by atoms with E-state index in [1.807, 2.05) is 24.0 Å². The van der Waals surface area contributed by atoms with Crippen LogP contribution < -0.4 is 4.90 Å². The summed E-state index contributed by atoms with van der Waals surface area (Å²) in [6.45, 7) is 3.16. The van der Waals surface area contributed by atoms with Crippen LogP contribution in [-0.2, 0) is 6.54 Å². The molecule has 20 heavy (non-hydrogen) atoms. The average molecular weight is 292 g/mol. The van der Waals surface area contributed by atoms with E-state index in [0.717, 1.165) is 5.56 Å². The third-order valence-electron chi connectivity index (χ3n) is 2.99. The summed E-state index contributed by atoms with van der Waals surface area (Å²) in [6.07, 6.45) is 3.41. The summed E-state index contributed by atoms with van der Waals surface area (Å²) in [6, 6.07) is 8.75. The number of nitro groups is 1. The number of halogens is 1. The summed E-state index contributed by atoms with van der Waals surface area (Å²) in [7, 11) is 0. The molecule has 0 fully saturated rings. The molecule has 0 spiro atoms. The molecule has 0 bridgehead atoms. The Balaban J connectivity index is 2.37. The second kappa shape index (κ2) is 6.34. The van der Waals surface area contributed by atoms with Gasteiger partial charge >= 0.3 is 5.69 Å². The molecule has 0 radical (unpaired) electrons. The van der Waals surface area contributed by atoms with Crippen LogP contribution in [0.5, 0.6) is 0 Å². The minimum atomic E-state index is -0.438. The van der Waals surface area contributed by atoms with Gasteiger partial charge in [-0.25, -0.2) is 0 Å². The second-order valence-corrected chi connectivity index (χ2v) is 4.64. The minimum Gasteiger partial charge on any atom is -0.362 e. The van der Waals surface area contributed by atoms with Crippen LogP contribution in [0.15, 0.2) is 42.7 Å². The van der Waals surface area contributed by atoms with Gasteiger partial charge < -0.3 is 4.90 Å². The Labute approximate surface area is 122 Å². The molecule has 5 nitrogen and oxygen atoms in total. The standard InChI is InChI=1S/C14H14ClN3O2/c1-2-17(10-11-6-8-16-9-7-11)13-5-3-4-12(15)14(13)18(19)20/h3-9H,2,10H2,1H3. The van der Waals surface area contributed by atoms with E-state index in [0.29, 0.717) is 18.8 Å². The Morgan fingerprint density at radius 3 is 2.60 bits per heavy atom. The van der Waals surface area contributed by atoms with Gasteiger partial charge in [0.2, 0.25) is 0 Å². The van der Waals surface area contributed by atoms with Crippen LogP contribution in [0.1, 0.15) is 12.5 Å². The first-order chi connectivity index (χ1) is 9.63. The molecule has 0 aliphatic rings. The van der Waals surface area contributed by atoms with Crippen LogP contribution in [0.3, 0.4) is 0 Å². The lowest BCUT2D eigenvalue weighted by Gasteiger charge is -2.23. The van der Waals surface area contributed by atoms with Gasteiger partial charge in [0.25, 0.3) is 0 Å². The van der Waals surface area contributed by atoms with Crippen LogP contribution in [0.25, 0.3) is 0 Å². The number of aromatic nitrogens is 1. The van der Waals surface area contributed by atoms with E-state index < -0.39 is 4.92 Å². The molecular weight excluding hydrogens is 278 g/mol. The maximum atomic E-state index is 11.2. The van der Waals surface area contributed by atoms with Crippen LogP contribution in [0.4, 0.5) is 11.4 Å². The van der Waals surface area contributed by atoms with E-state index in [-0.39, 0.29) is 10.7 Å². The number of nitro benzene ring substituents is 1. The van der Waals surface area contributed by atoms with Gasteiger partial charge in [-0.3, -0.25) is 15.1 Å². The molecule has 104 valence electrons. The smallest absolute Gasteiger partial charge is 0.310 e. The van der Waals surface area contributed by atoms with Gasteiger partial charge in [0.1, 0.15) is 10.7 Å². The summed E-state index contributed by atoms with van der Waals surface area (Å²) < 4.78 is 0. The number of hydrogen-bond donors (Lipinski definition) is 0. The molecule has 0 saturated heterocycles. The first kappa shape index (κ1) is 14.3. The zero-order valence-electron chi connectivity index (χ0n) is 11.0. The lowest BCUT2D eigenvalue weighted by Crippen LogP contribution is -2.23. The van der Waals surface area contributed by atoms with Crippen LogP contribution >= 0.6 is 11.6 Å². The van der Waals surface area contributed by atoms with Gasteiger partial charge in [0.15, 0.2) is 0 Å². The molecule has 0 aliphatic carbocycles. The fourth-order valence-electron chi connectivity index (χ4n) is 2.02. The van der Waals surface area contributed by atoms with Crippen molar-refractivity contribution in [3.8, 4) is 0 Å².